The van der Waals surface area contributed by atoms with Crippen molar-refractivity contribution < 1.29 is 14.3 Å². The van der Waals surface area contributed by atoms with Crippen LogP contribution in [0.25, 0.3) is 0 Å². The summed E-state index contributed by atoms with van der Waals surface area (Å²) in [6, 6.07) is 0. The fourth-order valence-corrected chi connectivity index (χ4v) is 4.52. The predicted octanol–water partition coefficient (Wildman–Crippen LogP) is 1.54. The maximum absolute atomic E-state index is 12.4. The second kappa shape index (κ2) is 5.62. The van der Waals surface area contributed by atoms with Crippen molar-refractivity contribution in [1.29, 1.82) is 0 Å². The molecule has 1 spiro atoms. The van der Waals surface area contributed by atoms with Crippen molar-refractivity contribution in [1.82, 2.24) is 4.90 Å². The third-order valence-corrected chi connectivity index (χ3v) is 5.67. The number of thioether (sulfide) groups is 1. The molecule has 0 radical (unpaired) electrons. The van der Waals surface area contributed by atoms with E-state index in [-0.39, 0.29) is 11.5 Å². The van der Waals surface area contributed by atoms with E-state index in [0.29, 0.717) is 12.0 Å². The van der Waals surface area contributed by atoms with Crippen LogP contribution in [0.4, 0.5) is 0 Å². The van der Waals surface area contributed by atoms with Gasteiger partial charge in [0.1, 0.15) is 5.60 Å². The molecule has 3 fully saturated rings. The van der Waals surface area contributed by atoms with Crippen LogP contribution in [0.15, 0.2) is 0 Å². The standard InChI is InChI=1S/C14H23NO3S/c1-17-12-2-5-18-14(8-12)9-15(10-14)13(16)11-3-6-19-7-4-11/h11-12H,2-10H2,1H3. The van der Waals surface area contributed by atoms with Gasteiger partial charge in [0, 0.05) is 26.1 Å². The highest BCUT2D eigenvalue weighted by molar-refractivity contribution is 7.99. The van der Waals surface area contributed by atoms with E-state index in [2.05, 4.69) is 0 Å². The van der Waals surface area contributed by atoms with Gasteiger partial charge in [-0.15, -0.1) is 0 Å². The molecule has 3 aliphatic heterocycles. The fraction of sp³-hybridized carbons (Fsp3) is 0.929. The van der Waals surface area contributed by atoms with Crippen LogP contribution in [0.2, 0.25) is 0 Å². The van der Waals surface area contributed by atoms with Crippen LogP contribution >= 0.6 is 11.8 Å². The minimum absolute atomic E-state index is 0.0992. The third-order valence-electron chi connectivity index (χ3n) is 4.62. The smallest absolute Gasteiger partial charge is 0.225 e. The summed E-state index contributed by atoms with van der Waals surface area (Å²) < 4.78 is 11.4. The first kappa shape index (κ1) is 13.7. The second-order valence-corrected chi connectivity index (χ2v) is 7.19. The summed E-state index contributed by atoms with van der Waals surface area (Å²) in [5.41, 5.74) is -0.0992. The summed E-state index contributed by atoms with van der Waals surface area (Å²) in [6.07, 6.45) is 4.32. The van der Waals surface area contributed by atoms with Crippen molar-refractivity contribution in [2.24, 2.45) is 5.92 Å². The molecule has 1 amide bonds. The molecular formula is C14H23NO3S. The molecule has 3 aliphatic rings. The van der Waals surface area contributed by atoms with Gasteiger partial charge in [0.15, 0.2) is 0 Å². The molecule has 3 saturated heterocycles. The van der Waals surface area contributed by atoms with Gasteiger partial charge in [0.25, 0.3) is 0 Å². The molecule has 3 heterocycles. The molecule has 4 nitrogen and oxygen atoms in total. The van der Waals surface area contributed by atoms with E-state index in [0.717, 1.165) is 56.9 Å². The molecule has 0 saturated carbocycles. The van der Waals surface area contributed by atoms with E-state index in [1.807, 2.05) is 16.7 Å². The number of likely N-dealkylation sites (tertiary alicyclic amines) is 1. The largest absolute Gasteiger partial charge is 0.381 e. The fourth-order valence-electron chi connectivity index (χ4n) is 3.41. The van der Waals surface area contributed by atoms with Gasteiger partial charge in [-0.25, -0.2) is 0 Å². The van der Waals surface area contributed by atoms with Gasteiger partial charge in [-0.05, 0) is 30.8 Å². The Labute approximate surface area is 119 Å². The molecule has 0 aromatic carbocycles. The minimum atomic E-state index is -0.0992. The first-order valence-corrected chi connectivity index (χ1v) is 8.41. The number of hydrogen-bond donors (Lipinski definition) is 0. The molecule has 0 aliphatic carbocycles. The van der Waals surface area contributed by atoms with E-state index in [4.69, 9.17) is 9.47 Å². The first-order valence-electron chi connectivity index (χ1n) is 7.26. The van der Waals surface area contributed by atoms with Gasteiger partial charge in [-0.3, -0.25) is 4.79 Å². The number of hydrogen-bond acceptors (Lipinski definition) is 4. The molecule has 0 bridgehead atoms. The van der Waals surface area contributed by atoms with Crippen molar-refractivity contribution in [2.75, 3.05) is 38.3 Å². The molecule has 0 aromatic heterocycles. The van der Waals surface area contributed by atoms with E-state index < -0.39 is 0 Å². The molecule has 108 valence electrons. The summed E-state index contributed by atoms with van der Waals surface area (Å²) in [7, 11) is 1.77. The molecule has 19 heavy (non-hydrogen) atoms. The SMILES string of the molecule is COC1CCOC2(C1)CN(C(=O)C1CCSCC1)C2. The van der Waals surface area contributed by atoms with Crippen LogP contribution in [0, 0.1) is 5.92 Å². The van der Waals surface area contributed by atoms with E-state index in [1.54, 1.807) is 7.11 Å². The Bertz CT molecular complexity index is 338. The summed E-state index contributed by atoms with van der Waals surface area (Å²) in [5.74, 6) is 2.89. The van der Waals surface area contributed by atoms with Crippen molar-refractivity contribution in [3.63, 3.8) is 0 Å². The van der Waals surface area contributed by atoms with Crippen LogP contribution in [-0.4, -0.2) is 60.8 Å². The maximum Gasteiger partial charge on any atom is 0.225 e. The van der Waals surface area contributed by atoms with Crippen LogP contribution in [0.1, 0.15) is 25.7 Å². The van der Waals surface area contributed by atoms with Gasteiger partial charge in [0.2, 0.25) is 5.91 Å². The number of carbonyl (C=O) groups excluding carboxylic acids is 1. The summed E-state index contributed by atoms with van der Waals surface area (Å²) in [6.45, 7) is 2.31. The van der Waals surface area contributed by atoms with E-state index in [9.17, 15) is 4.79 Å². The highest BCUT2D eigenvalue weighted by Crippen LogP contribution is 2.37. The maximum atomic E-state index is 12.4. The molecule has 3 rings (SSSR count). The minimum Gasteiger partial charge on any atom is -0.381 e. The average Bonchev–Trinajstić information content (AvgIpc) is 2.45. The Kier molecular flexibility index (Phi) is 4.06. The normalized spacial score (nSPS) is 31.2. The lowest BCUT2D eigenvalue weighted by atomic mass is 9.83. The predicted molar refractivity (Wildman–Crippen MR) is 75.3 cm³/mol. The van der Waals surface area contributed by atoms with Gasteiger partial charge in [0.05, 0.1) is 19.2 Å². The van der Waals surface area contributed by atoms with Gasteiger partial charge >= 0.3 is 0 Å². The van der Waals surface area contributed by atoms with Crippen molar-refractivity contribution in [2.45, 2.75) is 37.4 Å². The lowest BCUT2D eigenvalue weighted by Crippen LogP contribution is -2.68. The van der Waals surface area contributed by atoms with Crippen LogP contribution in [0.5, 0.6) is 0 Å². The molecular weight excluding hydrogens is 262 g/mol. The summed E-state index contributed by atoms with van der Waals surface area (Å²) >= 11 is 1.97. The van der Waals surface area contributed by atoms with Crippen LogP contribution in [0.3, 0.4) is 0 Å². The number of methoxy groups -OCH3 is 1. The zero-order chi connectivity index (χ0) is 13.3. The molecule has 0 aromatic rings. The van der Waals surface area contributed by atoms with E-state index >= 15 is 0 Å². The second-order valence-electron chi connectivity index (χ2n) is 5.96. The number of amides is 1. The summed E-state index contributed by atoms with van der Waals surface area (Å²) in [5, 5.41) is 0. The van der Waals surface area contributed by atoms with E-state index in [1.165, 1.54) is 0 Å². The zero-order valence-electron chi connectivity index (χ0n) is 11.6. The molecule has 1 unspecified atom stereocenters. The molecule has 1 atom stereocenters. The van der Waals surface area contributed by atoms with Crippen molar-refractivity contribution >= 4 is 17.7 Å². The number of nitrogens with zero attached hydrogens (tertiary/aromatic N) is 1. The van der Waals surface area contributed by atoms with Crippen molar-refractivity contribution in [3.8, 4) is 0 Å². The zero-order valence-corrected chi connectivity index (χ0v) is 12.4. The monoisotopic (exact) mass is 285 g/mol. The molecule has 5 heteroatoms. The Morgan fingerprint density at radius 2 is 2.05 bits per heavy atom. The Morgan fingerprint density at radius 1 is 1.32 bits per heavy atom. The Hall–Kier alpha value is -0.260. The lowest BCUT2D eigenvalue weighted by molar-refractivity contribution is -0.200. The highest BCUT2D eigenvalue weighted by atomic mass is 32.2. The van der Waals surface area contributed by atoms with Gasteiger partial charge in [-0.2, -0.15) is 11.8 Å². The number of rotatable bonds is 2. The van der Waals surface area contributed by atoms with Crippen molar-refractivity contribution in [3.05, 3.63) is 0 Å². The Balaban J connectivity index is 1.52. The van der Waals surface area contributed by atoms with Crippen LogP contribution < -0.4 is 0 Å². The average molecular weight is 285 g/mol. The summed E-state index contributed by atoms with van der Waals surface area (Å²) in [4.78, 5) is 14.4. The lowest BCUT2D eigenvalue weighted by Gasteiger charge is -2.53. The van der Waals surface area contributed by atoms with Gasteiger partial charge < -0.3 is 14.4 Å². The van der Waals surface area contributed by atoms with Crippen LogP contribution in [-0.2, 0) is 14.3 Å². The topological polar surface area (TPSA) is 38.8 Å². The molecule has 0 N–H and O–H groups in total. The third kappa shape index (κ3) is 2.78. The quantitative estimate of drug-likeness (QED) is 0.771. The first-order chi connectivity index (χ1) is 9.22. The number of ether oxygens (including phenoxy) is 2. The Morgan fingerprint density at radius 3 is 2.74 bits per heavy atom. The van der Waals surface area contributed by atoms with Gasteiger partial charge in [-0.1, -0.05) is 0 Å². The highest BCUT2D eigenvalue weighted by Gasteiger charge is 2.50. The number of carbonyl (C=O) groups is 1.